The lowest BCUT2D eigenvalue weighted by atomic mass is 10.0. The van der Waals surface area contributed by atoms with Crippen LogP contribution < -0.4 is 10.5 Å². The molecule has 0 aliphatic rings. The van der Waals surface area contributed by atoms with Crippen LogP contribution in [0, 0.1) is 11.7 Å². The summed E-state index contributed by atoms with van der Waals surface area (Å²) in [7, 11) is 0. The van der Waals surface area contributed by atoms with Crippen LogP contribution in [0.3, 0.4) is 0 Å². The first-order valence-electron chi connectivity index (χ1n) is 5.27. The molecule has 1 rings (SSSR count). The van der Waals surface area contributed by atoms with Crippen molar-refractivity contribution in [2.75, 3.05) is 6.61 Å². The summed E-state index contributed by atoms with van der Waals surface area (Å²) in [5.74, 6) is 0.664. The lowest BCUT2D eigenvalue weighted by Gasteiger charge is -2.18. The molecule has 3 heteroatoms. The molecule has 0 unspecified atom stereocenters. The quantitative estimate of drug-likeness (QED) is 0.812. The van der Waals surface area contributed by atoms with Crippen molar-refractivity contribution in [2.24, 2.45) is 11.7 Å². The second-order valence-corrected chi connectivity index (χ2v) is 3.82. The summed E-state index contributed by atoms with van der Waals surface area (Å²) >= 11 is 0. The van der Waals surface area contributed by atoms with Crippen LogP contribution in [0.4, 0.5) is 4.39 Å². The van der Waals surface area contributed by atoms with Crippen LogP contribution in [0.5, 0.6) is 5.75 Å². The average molecular weight is 211 g/mol. The highest BCUT2D eigenvalue weighted by Crippen LogP contribution is 2.13. The van der Waals surface area contributed by atoms with Gasteiger partial charge in [0.15, 0.2) is 0 Å². The van der Waals surface area contributed by atoms with E-state index in [0.29, 0.717) is 18.3 Å². The fraction of sp³-hybridized carbons (Fsp3) is 0.500. The minimum Gasteiger partial charge on any atom is -0.492 e. The van der Waals surface area contributed by atoms with Gasteiger partial charge in [0.2, 0.25) is 0 Å². The second-order valence-electron chi connectivity index (χ2n) is 3.82. The van der Waals surface area contributed by atoms with E-state index in [0.717, 1.165) is 6.42 Å². The minimum absolute atomic E-state index is 0.00160. The van der Waals surface area contributed by atoms with Gasteiger partial charge in [-0.15, -0.1) is 0 Å². The molecule has 2 N–H and O–H groups in total. The van der Waals surface area contributed by atoms with Crippen molar-refractivity contribution in [3.8, 4) is 5.75 Å². The maximum absolute atomic E-state index is 12.8. The van der Waals surface area contributed by atoms with Crippen LogP contribution in [0.15, 0.2) is 24.3 Å². The first-order chi connectivity index (χ1) is 7.13. The number of nitrogens with two attached hydrogens (primary N) is 1. The van der Waals surface area contributed by atoms with Gasteiger partial charge in [-0.1, -0.05) is 26.3 Å². The summed E-state index contributed by atoms with van der Waals surface area (Å²) in [5, 5.41) is 0. The molecule has 0 saturated heterocycles. The predicted octanol–water partition coefficient (Wildman–Crippen LogP) is 2.58. The maximum Gasteiger partial charge on any atom is 0.126 e. The van der Waals surface area contributed by atoms with Crippen molar-refractivity contribution >= 4 is 0 Å². The molecule has 15 heavy (non-hydrogen) atoms. The van der Waals surface area contributed by atoms with Crippen molar-refractivity contribution in [3.63, 3.8) is 0 Å². The van der Waals surface area contributed by atoms with Crippen molar-refractivity contribution in [3.05, 3.63) is 30.1 Å². The van der Waals surface area contributed by atoms with Crippen molar-refractivity contribution in [1.29, 1.82) is 0 Å². The zero-order chi connectivity index (χ0) is 11.3. The van der Waals surface area contributed by atoms with Gasteiger partial charge in [0.05, 0.1) is 0 Å². The van der Waals surface area contributed by atoms with Crippen LogP contribution in [0.25, 0.3) is 0 Å². The molecular formula is C12H18FNO. The van der Waals surface area contributed by atoms with Crippen LogP contribution in [0.2, 0.25) is 0 Å². The number of halogens is 1. The summed E-state index contributed by atoms with van der Waals surface area (Å²) in [4.78, 5) is 0. The van der Waals surface area contributed by atoms with Crippen LogP contribution in [-0.2, 0) is 0 Å². The van der Waals surface area contributed by atoms with E-state index in [2.05, 4.69) is 13.8 Å². The molecule has 0 radical (unpaired) electrons. The normalized spacial score (nSPS) is 14.7. The Morgan fingerprint density at radius 3 is 2.80 bits per heavy atom. The van der Waals surface area contributed by atoms with Gasteiger partial charge in [-0.3, -0.25) is 0 Å². The monoisotopic (exact) mass is 211 g/mol. The Kier molecular flexibility index (Phi) is 4.56. The molecule has 0 aliphatic carbocycles. The van der Waals surface area contributed by atoms with Gasteiger partial charge in [-0.25, -0.2) is 4.39 Å². The molecule has 0 aliphatic heterocycles. The Balaban J connectivity index is 2.43. The highest BCUT2D eigenvalue weighted by molar-refractivity contribution is 5.22. The molecule has 0 aromatic heterocycles. The van der Waals surface area contributed by atoms with Gasteiger partial charge in [0, 0.05) is 12.1 Å². The molecule has 2 atom stereocenters. The molecule has 0 amide bonds. The van der Waals surface area contributed by atoms with Gasteiger partial charge in [-0.2, -0.15) is 0 Å². The SMILES string of the molecule is CC[C@@H](C)[C@H](N)COc1cccc(F)c1. The number of rotatable bonds is 5. The van der Waals surface area contributed by atoms with E-state index >= 15 is 0 Å². The highest BCUT2D eigenvalue weighted by Gasteiger charge is 2.11. The Labute approximate surface area is 90.2 Å². The number of benzene rings is 1. The largest absolute Gasteiger partial charge is 0.492 e. The van der Waals surface area contributed by atoms with Crippen molar-refractivity contribution in [1.82, 2.24) is 0 Å². The predicted molar refractivity (Wildman–Crippen MR) is 59.3 cm³/mol. The van der Waals surface area contributed by atoms with Crippen LogP contribution in [-0.4, -0.2) is 12.6 Å². The third-order valence-electron chi connectivity index (χ3n) is 2.61. The molecule has 2 nitrogen and oxygen atoms in total. The van der Waals surface area contributed by atoms with E-state index in [-0.39, 0.29) is 11.9 Å². The fourth-order valence-corrected chi connectivity index (χ4v) is 1.22. The lowest BCUT2D eigenvalue weighted by molar-refractivity contribution is 0.249. The molecule has 0 saturated carbocycles. The Morgan fingerprint density at radius 1 is 1.47 bits per heavy atom. The molecule has 0 bridgehead atoms. The van der Waals surface area contributed by atoms with Gasteiger partial charge < -0.3 is 10.5 Å². The van der Waals surface area contributed by atoms with Gasteiger partial charge in [0.1, 0.15) is 18.2 Å². The van der Waals surface area contributed by atoms with E-state index < -0.39 is 0 Å². The summed E-state index contributed by atoms with van der Waals surface area (Å²) in [6, 6.07) is 6.11. The van der Waals surface area contributed by atoms with E-state index in [4.69, 9.17) is 10.5 Å². The summed E-state index contributed by atoms with van der Waals surface area (Å²) in [6.07, 6.45) is 1.02. The highest BCUT2D eigenvalue weighted by atomic mass is 19.1. The first-order valence-corrected chi connectivity index (χ1v) is 5.27. The van der Waals surface area contributed by atoms with Gasteiger partial charge in [-0.05, 0) is 18.1 Å². The van der Waals surface area contributed by atoms with Crippen LogP contribution in [0.1, 0.15) is 20.3 Å². The zero-order valence-corrected chi connectivity index (χ0v) is 9.24. The third kappa shape index (κ3) is 3.88. The fourth-order valence-electron chi connectivity index (χ4n) is 1.22. The standard InChI is InChI=1S/C12H18FNO/c1-3-9(2)12(14)8-15-11-6-4-5-10(13)7-11/h4-7,9,12H,3,8,14H2,1-2H3/t9-,12-/m1/s1. The smallest absolute Gasteiger partial charge is 0.126 e. The molecule has 84 valence electrons. The Bertz CT molecular complexity index is 303. The molecule has 1 aromatic carbocycles. The lowest BCUT2D eigenvalue weighted by Crippen LogP contribution is -2.34. The minimum atomic E-state index is -0.287. The third-order valence-corrected chi connectivity index (χ3v) is 2.61. The van der Waals surface area contributed by atoms with E-state index in [1.165, 1.54) is 12.1 Å². The van der Waals surface area contributed by atoms with Crippen LogP contribution >= 0.6 is 0 Å². The van der Waals surface area contributed by atoms with Gasteiger partial charge in [0.25, 0.3) is 0 Å². The number of ether oxygens (including phenoxy) is 1. The van der Waals surface area contributed by atoms with E-state index in [9.17, 15) is 4.39 Å². The van der Waals surface area contributed by atoms with Gasteiger partial charge >= 0.3 is 0 Å². The van der Waals surface area contributed by atoms with Crippen molar-refractivity contribution in [2.45, 2.75) is 26.3 Å². The number of hydrogen-bond acceptors (Lipinski definition) is 2. The summed E-state index contributed by atoms with van der Waals surface area (Å²) in [6.45, 7) is 4.60. The van der Waals surface area contributed by atoms with Crippen molar-refractivity contribution < 1.29 is 9.13 Å². The zero-order valence-electron chi connectivity index (χ0n) is 9.24. The summed E-state index contributed by atoms with van der Waals surface area (Å²) in [5.41, 5.74) is 5.89. The average Bonchev–Trinajstić information content (AvgIpc) is 2.25. The Morgan fingerprint density at radius 2 is 2.20 bits per heavy atom. The van der Waals surface area contributed by atoms with E-state index in [1.54, 1.807) is 12.1 Å². The molecule has 1 aromatic rings. The van der Waals surface area contributed by atoms with E-state index in [1.807, 2.05) is 0 Å². The molecule has 0 spiro atoms. The molecule has 0 heterocycles. The maximum atomic E-state index is 12.8. The molecule has 0 fully saturated rings. The molecular weight excluding hydrogens is 193 g/mol. The summed E-state index contributed by atoms with van der Waals surface area (Å²) < 4.78 is 18.2. The Hall–Kier alpha value is -1.09. The second kappa shape index (κ2) is 5.71. The number of hydrogen-bond donors (Lipinski definition) is 1. The topological polar surface area (TPSA) is 35.2 Å². The first kappa shape index (κ1) is 12.0.